The Bertz CT molecular complexity index is 831. The molecular formula is C17H14ClN3O. The molecule has 1 N–H and O–H groups in total. The molecule has 0 radical (unpaired) electrons. The lowest BCUT2D eigenvalue weighted by atomic mass is 10.0. The first kappa shape index (κ1) is 14.5. The van der Waals surface area contributed by atoms with Crippen molar-refractivity contribution in [3.05, 3.63) is 59.4 Å². The summed E-state index contributed by atoms with van der Waals surface area (Å²) in [4.78, 5) is 20.4. The maximum atomic E-state index is 11.8. The van der Waals surface area contributed by atoms with E-state index < -0.39 is 0 Å². The lowest BCUT2D eigenvalue weighted by molar-refractivity contribution is 0.0956. The molecule has 0 aliphatic carbocycles. The highest BCUT2D eigenvalue weighted by molar-refractivity contribution is 6.34. The van der Waals surface area contributed by atoms with E-state index in [9.17, 15) is 4.79 Å². The summed E-state index contributed by atoms with van der Waals surface area (Å²) in [6.07, 6.45) is 3.42. The van der Waals surface area contributed by atoms with Gasteiger partial charge in [0, 0.05) is 30.1 Å². The van der Waals surface area contributed by atoms with Crippen molar-refractivity contribution in [1.82, 2.24) is 15.3 Å². The minimum absolute atomic E-state index is 0.0702. The van der Waals surface area contributed by atoms with Crippen LogP contribution in [0.25, 0.3) is 22.2 Å². The molecule has 3 aromatic rings. The summed E-state index contributed by atoms with van der Waals surface area (Å²) in [6, 6.07) is 11.1. The van der Waals surface area contributed by atoms with Gasteiger partial charge in [0.15, 0.2) is 0 Å². The largest absolute Gasteiger partial charge is 0.352 e. The molecular weight excluding hydrogens is 298 g/mol. The number of pyridine rings is 2. The minimum atomic E-state index is -0.0702. The molecule has 3 rings (SSSR count). The van der Waals surface area contributed by atoms with Crippen LogP contribution in [0.3, 0.4) is 0 Å². The van der Waals surface area contributed by atoms with Crippen LogP contribution < -0.4 is 5.32 Å². The molecule has 5 heteroatoms. The molecule has 0 bridgehead atoms. The summed E-state index contributed by atoms with van der Waals surface area (Å²) in [5, 5.41) is 3.36. The molecule has 110 valence electrons. The van der Waals surface area contributed by atoms with Crippen LogP contribution in [0.1, 0.15) is 17.3 Å². The standard InChI is InChI=1S/C17H14ClN3O/c1-2-19-17(22)12-5-3-11(4-6-12)13-9-15-16(21-10-13)14(18)7-8-20-15/h3-10H,2H2,1H3,(H,19,22). The van der Waals surface area contributed by atoms with Gasteiger partial charge < -0.3 is 5.32 Å². The maximum absolute atomic E-state index is 11.8. The van der Waals surface area contributed by atoms with Crippen molar-refractivity contribution in [3.63, 3.8) is 0 Å². The van der Waals surface area contributed by atoms with E-state index in [1.165, 1.54) is 0 Å². The topological polar surface area (TPSA) is 54.9 Å². The molecule has 0 aliphatic heterocycles. The number of fused-ring (bicyclic) bond motifs is 1. The summed E-state index contributed by atoms with van der Waals surface area (Å²) < 4.78 is 0. The molecule has 2 aromatic heterocycles. The van der Waals surface area contributed by atoms with Crippen molar-refractivity contribution in [2.24, 2.45) is 0 Å². The molecule has 0 spiro atoms. The van der Waals surface area contributed by atoms with E-state index in [2.05, 4.69) is 15.3 Å². The molecule has 0 aliphatic rings. The van der Waals surface area contributed by atoms with Crippen LogP contribution in [0.2, 0.25) is 5.02 Å². The fraction of sp³-hybridized carbons (Fsp3) is 0.118. The predicted molar refractivity (Wildman–Crippen MR) is 88.0 cm³/mol. The zero-order valence-corrected chi connectivity index (χ0v) is 12.8. The maximum Gasteiger partial charge on any atom is 0.251 e. The second kappa shape index (κ2) is 6.12. The van der Waals surface area contributed by atoms with Crippen molar-refractivity contribution < 1.29 is 4.79 Å². The average Bonchev–Trinajstić information content (AvgIpc) is 2.55. The third-order valence-electron chi connectivity index (χ3n) is 3.35. The van der Waals surface area contributed by atoms with Gasteiger partial charge in [-0.2, -0.15) is 0 Å². The van der Waals surface area contributed by atoms with Gasteiger partial charge in [-0.05, 0) is 36.8 Å². The number of rotatable bonds is 3. The normalized spacial score (nSPS) is 10.6. The monoisotopic (exact) mass is 311 g/mol. The van der Waals surface area contributed by atoms with Gasteiger partial charge in [0.1, 0.15) is 5.52 Å². The minimum Gasteiger partial charge on any atom is -0.352 e. The summed E-state index contributed by atoms with van der Waals surface area (Å²) in [7, 11) is 0. The lowest BCUT2D eigenvalue weighted by Gasteiger charge is -2.06. The summed E-state index contributed by atoms with van der Waals surface area (Å²) >= 11 is 6.09. The van der Waals surface area contributed by atoms with Crippen LogP contribution in [-0.2, 0) is 0 Å². The fourth-order valence-electron chi connectivity index (χ4n) is 2.23. The highest BCUT2D eigenvalue weighted by Gasteiger charge is 2.07. The second-order valence-electron chi connectivity index (χ2n) is 4.82. The molecule has 2 heterocycles. The van der Waals surface area contributed by atoms with Crippen LogP contribution in [-0.4, -0.2) is 22.4 Å². The Morgan fingerprint density at radius 1 is 1.14 bits per heavy atom. The smallest absolute Gasteiger partial charge is 0.251 e. The van der Waals surface area contributed by atoms with E-state index >= 15 is 0 Å². The number of hydrogen-bond acceptors (Lipinski definition) is 3. The van der Waals surface area contributed by atoms with Crippen molar-refractivity contribution in [2.45, 2.75) is 6.92 Å². The summed E-state index contributed by atoms with van der Waals surface area (Å²) in [5.74, 6) is -0.0702. The van der Waals surface area contributed by atoms with Gasteiger partial charge in [0.05, 0.1) is 10.5 Å². The SMILES string of the molecule is CCNC(=O)c1ccc(-c2cnc3c(Cl)ccnc3c2)cc1. The van der Waals surface area contributed by atoms with E-state index in [-0.39, 0.29) is 5.91 Å². The van der Waals surface area contributed by atoms with Crippen molar-refractivity contribution in [1.29, 1.82) is 0 Å². The summed E-state index contributed by atoms with van der Waals surface area (Å²) in [6.45, 7) is 2.51. The Labute approximate surface area is 133 Å². The third-order valence-corrected chi connectivity index (χ3v) is 3.65. The lowest BCUT2D eigenvalue weighted by Crippen LogP contribution is -2.22. The molecule has 0 saturated heterocycles. The van der Waals surface area contributed by atoms with Gasteiger partial charge in [-0.25, -0.2) is 0 Å². The number of benzene rings is 1. The highest BCUT2D eigenvalue weighted by Crippen LogP contribution is 2.25. The van der Waals surface area contributed by atoms with Crippen LogP contribution >= 0.6 is 11.6 Å². The number of hydrogen-bond donors (Lipinski definition) is 1. The quantitative estimate of drug-likeness (QED) is 0.802. The molecule has 22 heavy (non-hydrogen) atoms. The van der Waals surface area contributed by atoms with Crippen molar-refractivity contribution >= 4 is 28.5 Å². The molecule has 0 fully saturated rings. The van der Waals surface area contributed by atoms with E-state index in [1.54, 1.807) is 30.6 Å². The van der Waals surface area contributed by atoms with Crippen LogP contribution in [0, 0.1) is 0 Å². The first-order valence-corrected chi connectivity index (χ1v) is 7.35. The molecule has 0 saturated carbocycles. The summed E-state index contributed by atoms with van der Waals surface area (Å²) in [5.41, 5.74) is 3.99. The molecule has 0 unspecified atom stereocenters. The van der Waals surface area contributed by atoms with Gasteiger partial charge in [0.25, 0.3) is 5.91 Å². The molecule has 1 amide bonds. The fourth-order valence-corrected chi connectivity index (χ4v) is 2.43. The van der Waals surface area contributed by atoms with Gasteiger partial charge in [0.2, 0.25) is 0 Å². The Kier molecular flexibility index (Phi) is 4.02. The van der Waals surface area contributed by atoms with E-state index in [0.29, 0.717) is 22.6 Å². The zero-order chi connectivity index (χ0) is 15.5. The molecule has 1 aromatic carbocycles. The number of nitrogens with one attached hydrogen (secondary N) is 1. The Morgan fingerprint density at radius 2 is 1.91 bits per heavy atom. The van der Waals surface area contributed by atoms with Gasteiger partial charge >= 0.3 is 0 Å². The predicted octanol–water partition coefficient (Wildman–Crippen LogP) is 3.70. The molecule has 4 nitrogen and oxygen atoms in total. The van der Waals surface area contributed by atoms with Crippen LogP contribution in [0.5, 0.6) is 0 Å². The average molecular weight is 312 g/mol. The Morgan fingerprint density at radius 3 is 2.64 bits per heavy atom. The number of nitrogens with zero attached hydrogens (tertiary/aromatic N) is 2. The number of aromatic nitrogens is 2. The van der Waals surface area contributed by atoms with Crippen LogP contribution in [0.15, 0.2) is 48.8 Å². The Balaban J connectivity index is 1.95. The number of amides is 1. The van der Waals surface area contributed by atoms with Gasteiger partial charge in [-0.3, -0.25) is 14.8 Å². The van der Waals surface area contributed by atoms with Crippen molar-refractivity contribution in [2.75, 3.05) is 6.54 Å². The van der Waals surface area contributed by atoms with Gasteiger partial charge in [-0.1, -0.05) is 23.7 Å². The first-order valence-electron chi connectivity index (χ1n) is 6.98. The van der Waals surface area contributed by atoms with Crippen molar-refractivity contribution in [3.8, 4) is 11.1 Å². The van der Waals surface area contributed by atoms with E-state index in [4.69, 9.17) is 11.6 Å². The first-order chi connectivity index (χ1) is 10.7. The Hall–Kier alpha value is -2.46. The highest BCUT2D eigenvalue weighted by atomic mass is 35.5. The van der Waals surface area contributed by atoms with Gasteiger partial charge in [-0.15, -0.1) is 0 Å². The second-order valence-corrected chi connectivity index (χ2v) is 5.23. The van der Waals surface area contributed by atoms with E-state index in [1.807, 2.05) is 25.1 Å². The molecule has 0 atom stereocenters. The number of carbonyl (C=O) groups is 1. The van der Waals surface area contributed by atoms with E-state index in [0.717, 1.165) is 16.6 Å². The number of halogens is 1. The number of carbonyl (C=O) groups excluding carboxylic acids is 1. The van der Waals surface area contributed by atoms with Crippen LogP contribution in [0.4, 0.5) is 0 Å². The third kappa shape index (κ3) is 2.78. The zero-order valence-electron chi connectivity index (χ0n) is 12.0.